The highest BCUT2D eigenvalue weighted by Gasteiger charge is 2.23. The van der Waals surface area contributed by atoms with Gasteiger partial charge < -0.3 is 15.8 Å². The average molecular weight is 309 g/mol. The fourth-order valence-electron chi connectivity index (χ4n) is 1.86. The Kier molecular flexibility index (Phi) is 6.05. The van der Waals surface area contributed by atoms with E-state index in [-0.39, 0.29) is 18.3 Å². The van der Waals surface area contributed by atoms with Crippen molar-refractivity contribution in [2.45, 2.75) is 52.3 Å². The highest BCUT2D eigenvalue weighted by molar-refractivity contribution is 5.94. The van der Waals surface area contributed by atoms with E-state index in [0.29, 0.717) is 17.5 Å². The molecular formula is C16H24FN3O2. The van der Waals surface area contributed by atoms with Gasteiger partial charge >= 0.3 is 5.97 Å². The molecule has 1 aromatic carbocycles. The number of rotatable bonds is 6. The first-order chi connectivity index (χ1) is 10.1. The largest absolute Gasteiger partial charge is 0.459 e. The zero-order chi connectivity index (χ0) is 16.9. The summed E-state index contributed by atoms with van der Waals surface area (Å²) in [6, 6.07) is 3.86. The molecule has 1 unspecified atom stereocenters. The van der Waals surface area contributed by atoms with E-state index in [1.165, 1.54) is 6.07 Å². The summed E-state index contributed by atoms with van der Waals surface area (Å²) < 4.78 is 19.2. The lowest BCUT2D eigenvalue weighted by molar-refractivity contribution is -0.157. The minimum absolute atomic E-state index is 0.182. The summed E-state index contributed by atoms with van der Waals surface area (Å²) in [5, 5.41) is 10.3. The molecule has 6 heteroatoms. The Morgan fingerprint density at radius 1 is 1.45 bits per heavy atom. The van der Waals surface area contributed by atoms with E-state index >= 15 is 0 Å². The fraction of sp³-hybridized carbons (Fsp3) is 0.500. The highest BCUT2D eigenvalue weighted by atomic mass is 19.1. The summed E-state index contributed by atoms with van der Waals surface area (Å²) in [5.74, 6) is -0.992. The molecule has 1 atom stereocenters. The quantitative estimate of drug-likeness (QED) is 0.427. The van der Waals surface area contributed by atoms with Crippen molar-refractivity contribution < 1.29 is 13.9 Å². The number of carbonyl (C=O) groups is 1. The topological polar surface area (TPSA) is 88.2 Å². The number of hydrogen-bond donors (Lipinski definition) is 3. The molecule has 0 saturated carbocycles. The van der Waals surface area contributed by atoms with Crippen LogP contribution in [0.25, 0.3) is 0 Å². The van der Waals surface area contributed by atoms with Crippen LogP contribution in [0.3, 0.4) is 0 Å². The molecule has 0 amide bonds. The van der Waals surface area contributed by atoms with Crippen molar-refractivity contribution >= 4 is 11.8 Å². The molecule has 0 spiro atoms. The second kappa shape index (κ2) is 7.35. The Morgan fingerprint density at radius 3 is 2.55 bits per heavy atom. The smallest absolute Gasteiger partial charge is 0.323 e. The number of nitrogen functional groups attached to an aromatic ring is 1. The van der Waals surface area contributed by atoms with Crippen molar-refractivity contribution in [3.63, 3.8) is 0 Å². The van der Waals surface area contributed by atoms with Gasteiger partial charge in [-0.3, -0.25) is 10.2 Å². The van der Waals surface area contributed by atoms with Crippen LogP contribution in [0.15, 0.2) is 18.2 Å². The van der Waals surface area contributed by atoms with Gasteiger partial charge in [-0.05, 0) is 33.3 Å². The third-order valence-corrected chi connectivity index (χ3v) is 3.00. The Bertz CT molecular complexity index is 553. The maximum Gasteiger partial charge on any atom is 0.323 e. The van der Waals surface area contributed by atoms with Crippen LogP contribution in [-0.2, 0) is 16.1 Å². The van der Waals surface area contributed by atoms with Crippen LogP contribution in [0.2, 0.25) is 0 Å². The summed E-state index contributed by atoms with van der Waals surface area (Å²) >= 11 is 0. The van der Waals surface area contributed by atoms with E-state index in [0.717, 1.165) is 0 Å². The molecule has 22 heavy (non-hydrogen) atoms. The Balaban J connectivity index is 2.71. The van der Waals surface area contributed by atoms with Gasteiger partial charge in [-0.15, -0.1) is 0 Å². The second-order valence-corrected chi connectivity index (χ2v) is 6.10. The van der Waals surface area contributed by atoms with Crippen LogP contribution in [0.4, 0.5) is 4.39 Å². The minimum atomic E-state index is -0.555. The highest BCUT2D eigenvalue weighted by Crippen LogP contribution is 2.13. The van der Waals surface area contributed by atoms with Crippen LogP contribution in [-0.4, -0.2) is 23.4 Å². The normalized spacial score (nSPS) is 12.8. The lowest BCUT2D eigenvalue weighted by Crippen LogP contribution is -2.40. The molecule has 5 nitrogen and oxygen atoms in total. The zero-order valence-corrected chi connectivity index (χ0v) is 13.5. The first-order valence-electron chi connectivity index (χ1n) is 7.23. The molecule has 0 aromatic heterocycles. The molecule has 4 N–H and O–H groups in total. The van der Waals surface area contributed by atoms with Crippen molar-refractivity contribution in [3.05, 3.63) is 35.1 Å². The van der Waals surface area contributed by atoms with E-state index in [2.05, 4.69) is 5.32 Å². The molecule has 1 aromatic rings. The van der Waals surface area contributed by atoms with E-state index in [4.69, 9.17) is 15.9 Å². The number of halogens is 1. The monoisotopic (exact) mass is 309 g/mol. The zero-order valence-electron chi connectivity index (χ0n) is 13.5. The maximum absolute atomic E-state index is 13.9. The number of carbonyl (C=O) groups excluding carboxylic acids is 1. The van der Waals surface area contributed by atoms with Gasteiger partial charge in [0, 0.05) is 17.7 Å². The van der Waals surface area contributed by atoms with Gasteiger partial charge in [0.15, 0.2) is 0 Å². The van der Waals surface area contributed by atoms with Crippen LogP contribution in [0.5, 0.6) is 0 Å². The average Bonchev–Trinajstić information content (AvgIpc) is 2.38. The third-order valence-electron chi connectivity index (χ3n) is 3.00. The van der Waals surface area contributed by atoms with Gasteiger partial charge in [0.25, 0.3) is 0 Å². The van der Waals surface area contributed by atoms with Crippen molar-refractivity contribution in [2.75, 3.05) is 0 Å². The number of ether oxygens (including phenoxy) is 1. The first-order valence-corrected chi connectivity index (χ1v) is 7.23. The molecular weight excluding hydrogens is 285 g/mol. The van der Waals surface area contributed by atoms with Crippen molar-refractivity contribution in [1.29, 1.82) is 5.41 Å². The molecule has 0 saturated heterocycles. The summed E-state index contributed by atoms with van der Waals surface area (Å²) in [5.41, 5.74) is 5.50. The number of esters is 1. The number of amidine groups is 1. The van der Waals surface area contributed by atoms with Gasteiger partial charge in [-0.25, -0.2) is 4.39 Å². The maximum atomic E-state index is 13.9. The van der Waals surface area contributed by atoms with E-state index < -0.39 is 17.5 Å². The Morgan fingerprint density at radius 2 is 2.09 bits per heavy atom. The number of nitrogens with one attached hydrogen (secondary N) is 2. The third kappa shape index (κ3) is 5.44. The minimum Gasteiger partial charge on any atom is -0.459 e. The standard InChI is InChI=1S/C16H24FN3O2/c1-5-13(15(21)22-16(2,3)4)20-9-11-7-6-10(14(18)19)8-12(11)17/h6-8,13,20H,5,9H2,1-4H3,(H3,18,19). The predicted octanol–water partition coefficient (Wildman–Crippen LogP) is 2.32. The fourth-order valence-corrected chi connectivity index (χ4v) is 1.86. The second-order valence-electron chi connectivity index (χ2n) is 6.10. The number of benzene rings is 1. The number of hydrogen-bond acceptors (Lipinski definition) is 4. The van der Waals surface area contributed by atoms with Gasteiger partial charge in [-0.1, -0.05) is 19.1 Å². The Hall–Kier alpha value is -1.95. The van der Waals surface area contributed by atoms with Gasteiger partial charge in [-0.2, -0.15) is 0 Å². The van der Waals surface area contributed by atoms with Crippen LogP contribution >= 0.6 is 0 Å². The SMILES string of the molecule is CCC(NCc1ccc(C(=N)N)cc1F)C(=O)OC(C)(C)C. The summed E-state index contributed by atoms with van der Waals surface area (Å²) in [4.78, 5) is 12.0. The first kappa shape index (κ1) is 18.1. The van der Waals surface area contributed by atoms with E-state index in [1.54, 1.807) is 32.9 Å². The Labute approximate surface area is 130 Å². The molecule has 0 heterocycles. The molecule has 0 aliphatic rings. The molecule has 0 aliphatic carbocycles. The van der Waals surface area contributed by atoms with Gasteiger partial charge in [0.2, 0.25) is 0 Å². The van der Waals surface area contributed by atoms with Crippen LogP contribution in [0, 0.1) is 11.2 Å². The van der Waals surface area contributed by atoms with Gasteiger partial charge in [0.05, 0.1) is 0 Å². The number of nitrogens with two attached hydrogens (primary N) is 1. The molecule has 1 rings (SSSR count). The molecule has 0 bridgehead atoms. The molecule has 0 radical (unpaired) electrons. The van der Waals surface area contributed by atoms with Crippen molar-refractivity contribution in [3.8, 4) is 0 Å². The van der Waals surface area contributed by atoms with Crippen LogP contribution in [0.1, 0.15) is 45.2 Å². The van der Waals surface area contributed by atoms with Gasteiger partial charge in [0.1, 0.15) is 23.3 Å². The summed E-state index contributed by atoms with van der Waals surface area (Å²) in [6.07, 6.45) is 0.544. The molecule has 0 fully saturated rings. The summed E-state index contributed by atoms with van der Waals surface area (Å²) in [7, 11) is 0. The summed E-state index contributed by atoms with van der Waals surface area (Å²) in [6.45, 7) is 7.46. The lowest BCUT2D eigenvalue weighted by atomic mass is 10.1. The van der Waals surface area contributed by atoms with E-state index in [9.17, 15) is 9.18 Å². The molecule has 122 valence electrons. The molecule has 0 aliphatic heterocycles. The van der Waals surface area contributed by atoms with E-state index in [1.807, 2.05) is 6.92 Å². The van der Waals surface area contributed by atoms with Crippen LogP contribution < -0.4 is 11.1 Å². The van der Waals surface area contributed by atoms with Crippen molar-refractivity contribution in [2.24, 2.45) is 5.73 Å². The lowest BCUT2D eigenvalue weighted by Gasteiger charge is -2.24. The van der Waals surface area contributed by atoms with Crippen molar-refractivity contribution in [1.82, 2.24) is 5.32 Å². The predicted molar refractivity (Wildman–Crippen MR) is 84.2 cm³/mol.